The van der Waals surface area contributed by atoms with Crippen molar-refractivity contribution in [3.8, 4) is 5.75 Å². The number of hydrogen-bond acceptors (Lipinski definition) is 6. The van der Waals surface area contributed by atoms with E-state index in [2.05, 4.69) is 17.2 Å². The molecule has 1 amide bonds. The van der Waals surface area contributed by atoms with Crippen molar-refractivity contribution >= 4 is 17.4 Å². The van der Waals surface area contributed by atoms with Gasteiger partial charge in [0.05, 0.1) is 22.5 Å². The molecule has 7 heteroatoms. The Morgan fingerprint density at radius 3 is 2.48 bits per heavy atom. The molecule has 0 heterocycles. The average Bonchev–Trinajstić information content (AvgIpc) is 2.68. The number of carbonyl (C=O) groups excluding carboxylic acids is 2. The number of carbonyl (C=O) groups is 2. The van der Waals surface area contributed by atoms with Crippen LogP contribution in [0.5, 0.6) is 5.75 Å². The molecule has 0 saturated heterocycles. The van der Waals surface area contributed by atoms with Gasteiger partial charge < -0.3 is 25.7 Å². The van der Waals surface area contributed by atoms with Crippen LogP contribution in [0, 0.1) is 0 Å². The fraction of sp³-hybridized carbons (Fsp3) is 0.400. The lowest BCUT2D eigenvalue weighted by molar-refractivity contribution is -0.124. The number of ketones is 1. The lowest BCUT2D eigenvalue weighted by Crippen LogP contribution is -2.53. The smallest absolute Gasteiger partial charge is 0.257 e. The summed E-state index contributed by atoms with van der Waals surface area (Å²) in [7, 11) is 3.17. The number of phenolic OH excluding ortho intramolecular Hbond substituents is 1. The lowest BCUT2D eigenvalue weighted by atomic mass is 9.87. The van der Waals surface area contributed by atoms with Gasteiger partial charge in [0, 0.05) is 14.1 Å². The van der Waals surface area contributed by atoms with Crippen molar-refractivity contribution in [3.05, 3.63) is 47.8 Å². The van der Waals surface area contributed by atoms with E-state index in [4.69, 9.17) is 0 Å². The highest BCUT2D eigenvalue weighted by Crippen LogP contribution is 2.34. The number of rotatable bonds is 8. The topological polar surface area (TPSA) is 102 Å². The third-order valence-electron chi connectivity index (χ3n) is 5.01. The highest BCUT2D eigenvalue weighted by molar-refractivity contribution is 6.11. The van der Waals surface area contributed by atoms with Crippen molar-refractivity contribution in [1.82, 2.24) is 10.2 Å². The zero-order valence-corrected chi connectivity index (χ0v) is 16.2. The van der Waals surface area contributed by atoms with Gasteiger partial charge in [0.25, 0.3) is 5.91 Å². The van der Waals surface area contributed by atoms with E-state index in [9.17, 15) is 19.8 Å². The Bertz CT molecular complexity index is 794. The van der Waals surface area contributed by atoms with E-state index in [1.807, 2.05) is 13.8 Å². The molecule has 1 aliphatic rings. The largest absolute Gasteiger partial charge is 0.505 e. The van der Waals surface area contributed by atoms with E-state index in [0.29, 0.717) is 5.70 Å². The van der Waals surface area contributed by atoms with Gasteiger partial charge in [-0.05, 0) is 25.0 Å². The summed E-state index contributed by atoms with van der Waals surface area (Å²) in [6.45, 7) is 7.82. The number of benzene rings is 1. The molecule has 1 unspecified atom stereocenters. The Hall–Kier alpha value is -2.80. The summed E-state index contributed by atoms with van der Waals surface area (Å²) in [5.74, 6) is -1.09. The molecule has 1 aromatic rings. The summed E-state index contributed by atoms with van der Waals surface area (Å²) in [4.78, 5) is 25.7. The third-order valence-corrected chi connectivity index (χ3v) is 5.01. The molecule has 0 saturated carbocycles. The molecule has 0 spiro atoms. The minimum Gasteiger partial charge on any atom is -0.505 e. The van der Waals surface area contributed by atoms with Crippen LogP contribution in [0.1, 0.15) is 37.0 Å². The predicted molar refractivity (Wildman–Crippen MR) is 104 cm³/mol. The number of nitrogens with zero attached hydrogens (tertiary/aromatic N) is 1. The van der Waals surface area contributed by atoms with Crippen molar-refractivity contribution in [3.63, 3.8) is 0 Å². The van der Waals surface area contributed by atoms with E-state index in [1.165, 1.54) is 11.0 Å². The van der Waals surface area contributed by atoms with Crippen LogP contribution in [0.3, 0.4) is 0 Å². The summed E-state index contributed by atoms with van der Waals surface area (Å²) in [5, 5.41) is 26.6. The minimum atomic E-state index is -1.25. The van der Waals surface area contributed by atoms with Gasteiger partial charge in [-0.25, -0.2) is 0 Å². The van der Waals surface area contributed by atoms with Gasteiger partial charge in [-0.15, -0.1) is 6.58 Å². The van der Waals surface area contributed by atoms with Crippen LogP contribution in [0.15, 0.2) is 42.2 Å². The Kier molecular flexibility index (Phi) is 5.95. The van der Waals surface area contributed by atoms with E-state index in [0.717, 1.165) is 12.8 Å². The molecule has 1 aliphatic carbocycles. The molecule has 7 nitrogen and oxygen atoms in total. The fourth-order valence-corrected chi connectivity index (χ4v) is 2.95. The van der Waals surface area contributed by atoms with Gasteiger partial charge in [0.1, 0.15) is 5.70 Å². The highest BCUT2D eigenvalue weighted by atomic mass is 16.3. The maximum atomic E-state index is 12.2. The first-order valence-corrected chi connectivity index (χ1v) is 8.90. The molecule has 27 heavy (non-hydrogen) atoms. The second-order valence-electron chi connectivity index (χ2n) is 6.77. The molecule has 0 radical (unpaired) electrons. The summed E-state index contributed by atoms with van der Waals surface area (Å²) in [6, 6.07) is 4.67. The quantitative estimate of drug-likeness (QED) is 0.411. The normalized spacial score (nSPS) is 16.6. The monoisotopic (exact) mass is 373 g/mol. The van der Waals surface area contributed by atoms with Gasteiger partial charge >= 0.3 is 0 Å². The summed E-state index contributed by atoms with van der Waals surface area (Å²) < 4.78 is 0. The number of phenols is 1. The molecular weight excluding hydrogens is 346 g/mol. The first kappa shape index (κ1) is 20.5. The summed E-state index contributed by atoms with van der Waals surface area (Å²) in [6.07, 6.45) is 1.96. The molecule has 0 fully saturated rings. The number of aliphatic hydroxyl groups is 1. The number of Topliss-reactive ketones (excluding diaryl/α,β-unsaturated/α-hetero) is 1. The molecule has 0 aromatic heterocycles. The molecule has 0 bridgehead atoms. The van der Waals surface area contributed by atoms with Crippen LogP contribution >= 0.6 is 0 Å². The number of amides is 1. The fourth-order valence-electron chi connectivity index (χ4n) is 2.95. The SMILES string of the molecule is C=CC(CC)(CC)NC1=C(Nc2cccc(C(=O)N(C)C)c2O)C(=O)C1O. The number of anilines is 1. The number of hydrogen-bond donors (Lipinski definition) is 4. The second-order valence-corrected chi connectivity index (χ2v) is 6.77. The van der Waals surface area contributed by atoms with E-state index in [1.54, 1.807) is 32.3 Å². The summed E-state index contributed by atoms with van der Waals surface area (Å²) >= 11 is 0. The van der Waals surface area contributed by atoms with Crippen LogP contribution in [-0.4, -0.2) is 52.5 Å². The average molecular weight is 373 g/mol. The third kappa shape index (κ3) is 3.68. The second kappa shape index (κ2) is 7.84. The van der Waals surface area contributed by atoms with Crippen molar-refractivity contribution in [1.29, 1.82) is 0 Å². The van der Waals surface area contributed by atoms with Crippen LogP contribution in [0.2, 0.25) is 0 Å². The number of aromatic hydroxyl groups is 1. The van der Waals surface area contributed by atoms with Crippen molar-refractivity contribution in [2.45, 2.75) is 38.3 Å². The zero-order valence-electron chi connectivity index (χ0n) is 16.2. The van der Waals surface area contributed by atoms with Gasteiger partial charge in [0.2, 0.25) is 5.78 Å². The van der Waals surface area contributed by atoms with Gasteiger partial charge in [-0.1, -0.05) is 26.0 Å². The van der Waals surface area contributed by atoms with Crippen LogP contribution in [0.4, 0.5) is 5.69 Å². The Labute approximate surface area is 159 Å². The molecule has 146 valence electrons. The van der Waals surface area contributed by atoms with E-state index < -0.39 is 17.4 Å². The van der Waals surface area contributed by atoms with E-state index in [-0.39, 0.29) is 28.6 Å². The first-order chi connectivity index (χ1) is 12.7. The number of nitrogens with one attached hydrogen (secondary N) is 2. The standard InChI is InChI=1S/C20H27N3O4/c1-6-20(7-2,8-3)22-15-14(17(25)18(15)26)21-13-11-9-10-12(16(13)24)19(27)23(4)5/h6,9-11,18,21-22,24,26H,1,7-8H2,2-5H3. The maximum absolute atomic E-state index is 12.2. The minimum absolute atomic E-state index is 0.120. The van der Waals surface area contributed by atoms with Crippen molar-refractivity contribution in [2.24, 2.45) is 0 Å². The molecule has 4 N–H and O–H groups in total. The van der Waals surface area contributed by atoms with Gasteiger partial charge in [0.15, 0.2) is 11.9 Å². The molecule has 2 rings (SSSR count). The Morgan fingerprint density at radius 1 is 1.33 bits per heavy atom. The van der Waals surface area contributed by atoms with Gasteiger partial charge in [-0.3, -0.25) is 9.59 Å². The predicted octanol–water partition coefficient (Wildman–Crippen LogP) is 2.00. The molecule has 1 aromatic carbocycles. The van der Waals surface area contributed by atoms with Crippen LogP contribution in [0.25, 0.3) is 0 Å². The molecule has 0 aliphatic heterocycles. The maximum Gasteiger partial charge on any atom is 0.257 e. The molecular formula is C20H27N3O4. The lowest BCUT2D eigenvalue weighted by Gasteiger charge is -2.38. The zero-order chi connectivity index (χ0) is 20.4. The highest BCUT2D eigenvalue weighted by Gasteiger charge is 2.41. The van der Waals surface area contributed by atoms with Crippen LogP contribution in [-0.2, 0) is 4.79 Å². The summed E-state index contributed by atoms with van der Waals surface area (Å²) in [5.41, 5.74) is 0.409. The van der Waals surface area contributed by atoms with Crippen molar-refractivity contribution in [2.75, 3.05) is 19.4 Å². The van der Waals surface area contributed by atoms with E-state index >= 15 is 0 Å². The van der Waals surface area contributed by atoms with Crippen LogP contribution < -0.4 is 10.6 Å². The first-order valence-electron chi connectivity index (χ1n) is 8.90. The number of aliphatic hydroxyl groups excluding tert-OH is 1. The van der Waals surface area contributed by atoms with Gasteiger partial charge in [-0.2, -0.15) is 0 Å². The Balaban J connectivity index is 2.39. The number of para-hydroxylation sites is 1. The molecule has 1 atom stereocenters. The Morgan fingerprint density at radius 2 is 1.96 bits per heavy atom. The van der Waals surface area contributed by atoms with Crippen molar-refractivity contribution < 1.29 is 19.8 Å².